The Kier molecular flexibility index (Phi) is 2.91. The van der Waals surface area contributed by atoms with Gasteiger partial charge in [-0.15, -0.1) is 5.10 Å². The Morgan fingerprint density at radius 1 is 1.28 bits per heavy atom. The third-order valence-corrected chi connectivity index (χ3v) is 3.73. The number of anilines is 1. The van der Waals surface area contributed by atoms with Crippen molar-refractivity contribution in [2.45, 2.75) is 31.6 Å². The molecule has 94 valence electrons. The van der Waals surface area contributed by atoms with Crippen molar-refractivity contribution in [3.8, 4) is 5.69 Å². The third-order valence-electron chi connectivity index (χ3n) is 3.41. The molecule has 0 unspecified atom stereocenters. The zero-order valence-corrected chi connectivity index (χ0v) is 10.6. The molecule has 1 aliphatic rings. The minimum Gasteiger partial charge on any atom is -0.399 e. The maximum Gasteiger partial charge on any atom is 0.159 e. The van der Waals surface area contributed by atoms with E-state index < -0.39 is 0 Å². The van der Waals surface area contributed by atoms with Crippen molar-refractivity contribution in [2.24, 2.45) is 0 Å². The van der Waals surface area contributed by atoms with Gasteiger partial charge < -0.3 is 5.73 Å². The third kappa shape index (κ3) is 1.95. The lowest BCUT2D eigenvalue weighted by molar-refractivity contribution is 0.636. The van der Waals surface area contributed by atoms with E-state index in [0.717, 1.165) is 24.4 Å². The first-order chi connectivity index (χ1) is 8.75. The van der Waals surface area contributed by atoms with Crippen LogP contribution in [0.3, 0.4) is 0 Å². The van der Waals surface area contributed by atoms with Crippen LogP contribution in [0.1, 0.15) is 37.4 Å². The van der Waals surface area contributed by atoms with Crippen molar-refractivity contribution in [3.05, 3.63) is 29.0 Å². The highest BCUT2D eigenvalue weighted by atomic mass is 35.5. The molecule has 0 atom stereocenters. The normalized spacial score (nSPS) is 16.3. The maximum atomic E-state index is 6.19. The summed E-state index contributed by atoms with van der Waals surface area (Å²) < 4.78 is 1.72. The highest BCUT2D eigenvalue weighted by Crippen LogP contribution is 2.34. The summed E-state index contributed by atoms with van der Waals surface area (Å²) in [6.45, 7) is 0. The van der Waals surface area contributed by atoms with Crippen LogP contribution in [-0.2, 0) is 0 Å². The molecular weight excluding hydrogens is 250 g/mol. The fourth-order valence-electron chi connectivity index (χ4n) is 2.50. The van der Waals surface area contributed by atoms with Gasteiger partial charge in [-0.1, -0.05) is 24.4 Å². The molecule has 18 heavy (non-hydrogen) atoms. The van der Waals surface area contributed by atoms with Gasteiger partial charge in [0.1, 0.15) is 0 Å². The molecule has 0 saturated heterocycles. The largest absolute Gasteiger partial charge is 0.399 e. The molecule has 1 aliphatic carbocycles. The Hall–Kier alpha value is -1.62. The second kappa shape index (κ2) is 4.57. The molecule has 0 amide bonds. The average molecular weight is 264 g/mol. The predicted octanol–water partition coefficient (Wildman–Crippen LogP) is 2.56. The van der Waals surface area contributed by atoms with Gasteiger partial charge in [0.05, 0.1) is 10.7 Å². The predicted molar refractivity (Wildman–Crippen MR) is 69.8 cm³/mol. The van der Waals surface area contributed by atoms with Crippen molar-refractivity contribution >= 4 is 17.3 Å². The quantitative estimate of drug-likeness (QED) is 0.846. The van der Waals surface area contributed by atoms with Crippen molar-refractivity contribution in [3.63, 3.8) is 0 Å². The van der Waals surface area contributed by atoms with Crippen molar-refractivity contribution < 1.29 is 0 Å². The number of nitrogens with two attached hydrogens (primary N) is 1. The number of halogens is 1. The van der Waals surface area contributed by atoms with Gasteiger partial charge in [-0.25, -0.2) is 0 Å². The average Bonchev–Trinajstić information content (AvgIpc) is 3.00. The van der Waals surface area contributed by atoms with Crippen LogP contribution in [0.4, 0.5) is 5.69 Å². The fourth-order valence-corrected chi connectivity index (χ4v) is 2.69. The summed E-state index contributed by atoms with van der Waals surface area (Å²) in [6.07, 6.45) is 4.75. The van der Waals surface area contributed by atoms with E-state index in [1.54, 1.807) is 22.9 Å². The van der Waals surface area contributed by atoms with E-state index in [1.807, 2.05) is 0 Å². The van der Waals surface area contributed by atoms with Gasteiger partial charge in [0.2, 0.25) is 0 Å². The lowest BCUT2D eigenvalue weighted by Crippen LogP contribution is -2.07. The van der Waals surface area contributed by atoms with Gasteiger partial charge in [-0.05, 0) is 41.5 Å². The first kappa shape index (κ1) is 11.5. The Balaban J connectivity index is 2.06. The summed E-state index contributed by atoms with van der Waals surface area (Å²) in [5, 5.41) is 12.6. The minimum absolute atomic E-state index is 0.428. The smallest absolute Gasteiger partial charge is 0.159 e. The van der Waals surface area contributed by atoms with E-state index in [-0.39, 0.29) is 0 Å². The van der Waals surface area contributed by atoms with Crippen LogP contribution in [-0.4, -0.2) is 20.2 Å². The van der Waals surface area contributed by atoms with Crippen LogP contribution in [0.25, 0.3) is 5.69 Å². The van der Waals surface area contributed by atoms with Crippen LogP contribution in [0.5, 0.6) is 0 Å². The van der Waals surface area contributed by atoms with Gasteiger partial charge in [0.15, 0.2) is 5.82 Å². The molecule has 1 fully saturated rings. The Bertz CT molecular complexity index is 559. The van der Waals surface area contributed by atoms with Gasteiger partial charge >= 0.3 is 0 Å². The Morgan fingerprint density at radius 2 is 2.06 bits per heavy atom. The number of benzene rings is 1. The van der Waals surface area contributed by atoms with E-state index in [1.165, 1.54) is 12.8 Å². The molecule has 2 aromatic rings. The SMILES string of the molecule is Nc1ccc(Cl)c(-n2nnnc2C2CCCC2)c1. The summed E-state index contributed by atoms with van der Waals surface area (Å²) in [5.74, 6) is 1.32. The van der Waals surface area contributed by atoms with Crippen LogP contribution >= 0.6 is 11.6 Å². The molecule has 1 saturated carbocycles. The van der Waals surface area contributed by atoms with E-state index in [2.05, 4.69) is 15.5 Å². The fraction of sp³-hybridized carbons (Fsp3) is 0.417. The number of nitrogen functional groups attached to an aromatic ring is 1. The molecule has 0 spiro atoms. The van der Waals surface area contributed by atoms with E-state index >= 15 is 0 Å². The van der Waals surface area contributed by atoms with Gasteiger partial charge in [-0.3, -0.25) is 0 Å². The number of hydrogen-bond donors (Lipinski definition) is 1. The summed E-state index contributed by atoms with van der Waals surface area (Å²) in [6, 6.07) is 5.34. The van der Waals surface area contributed by atoms with Crippen LogP contribution in [0.15, 0.2) is 18.2 Å². The molecule has 1 aromatic carbocycles. The molecule has 6 heteroatoms. The monoisotopic (exact) mass is 263 g/mol. The minimum atomic E-state index is 0.428. The van der Waals surface area contributed by atoms with Crippen LogP contribution in [0.2, 0.25) is 5.02 Å². The molecule has 0 radical (unpaired) electrons. The van der Waals surface area contributed by atoms with Crippen LogP contribution in [0, 0.1) is 0 Å². The number of tetrazole rings is 1. The topological polar surface area (TPSA) is 69.6 Å². The molecule has 1 aromatic heterocycles. The summed E-state index contributed by atoms with van der Waals surface area (Å²) in [5.41, 5.74) is 7.20. The van der Waals surface area contributed by atoms with Crippen molar-refractivity contribution in [2.75, 3.05) is 5.73 Å². The summed E-state index contributed by atoms with van der Waals surface area (Å²) in [4.78, 5) is 0. The van der Waals surface area contributed by atoms with E-state index in [4.69, 9.17) is 17.3 Å². The first-order valence-corrected chi connectivity index (χ1v) is 6.47. The molecule has 0 bridgehead atoms. The van der Waals surface area contributed by atoms with Gasteiger partial charge in [-0.2, -0.15) is 4.68 Å². The van der Waals surface area contributed by atoms with E-state index in [9.17, 15) is 0 Å². The summed E-state index contributed by atoms with van der Waals surface area (Å²) >= 11 is 6.19. The van der Waals surface area contributed by atoms with Crippen molar-refractivity contribution in [1.29, 1.82) is 0 Å². The number of aromatic nitrogens is 4. The van der Waals surface area contributed by atoms with Gasteiger partial charge in [0.25, 0.3) is 0 Å². The molecule has 2 N–H and O–H groups in total. The Labute approximate surface area is 110 Å². The second-order valence-electron chi connectivity index (χ2n) is 4.64. The standard InChI is InChI=1S/C12H14ClN5/c13-10-6-5-9(14)7-11(10)18-12(15-16-17-18)8-3-1-2-4-8/h5-8H,1-4,14H2. The van der Waals surface area contributed by atoms with E-state index in [0.29, 0.717) is 16.6 Å². The summed E-state index contributed by atoms with van der Waals surface area (Å²) in [7, 11) is 0. The zero-order chi connectivity index (χ0) is 12.5. The molecule has 3 rings (SSSR count). The Morgan fingerprint density at radius 3 is 2.83 bits per heavy atom. The number of nitrogens with zero attached hydrogens (tertiary/aromatic N) is 4. The lowest BCUT2D eigenvalue weighted by atomic mass is 10.1. The molecular formula is C12H14ClN5. The maximum absolute atomic E-state index is 6.19. The van der Waals surface area contributed by atoms with Crippen LogP contribution < -0.4 is 5.73 Å². The molecule has 1 heterocycles. The molecule has 0 aliphatic heterocycles. The van der Waals surface area contributed by atoms with Crippen molar-refractivity contribution in [1.82, 2.24) is 20.2 Å². The second-order valence-corrected chi connectivity index (χ2v) is 5.05. The number of rotatable bonds is 2. The molecule has 5 nitrogen and oxygen atoms in total. The zero-order valence-electron chi connectivity index (χ0n) is 9.88. The first-order valence-electron chi connectivity index (χ1n) is 6.09. The number of hydrogen-bond acceptors (Lipinski definition) is 4. The highest BCUT2D eigenvalue weighted by molar-refractivity contribution is 6.32. The van der Waals surface area contributed by atoms with Gasteiger partial charge in [0, 0.05) is 11.6 Å². The lowest BCUT2D eigenvalue weighted by Gasteiger charge is -2.11. The highest BCUT2D eigenvalue weighted by Gasteiger charge is 2.24.